The van der Waals surface area contributed by atoms with Crippen LogP contribution in [0.5, 0.6) is 5.75 Å². The lowest BCUT2D eigenvalue weighted by atomic mass is 9.91. The first kappa shape index (κ1) is 30.0. The molecule has 0 unspecified atom stereocenters. The van der Waals surface area contributed by atoms with Crippen LogP contribution in [-0.2, 0) is 4.79 Å². The summed E-state index contributed by atoms with van der Waals surface area (Å²) in [6.07, 6.45) is 18.4. The van der Waals surface area contributed by atoms with Crippen LogP contribution in [0.1, 0.15) is 103 Å². The van der Waals surface area contributed by atoms with Crippen molar-refractivity contribution in [3.8, 4) is 5.75 Å². The van der Waals surface area contributed by atoms with Gasteiger partial charge in [0.1, 0.15) is 5.75 Å². The number of ether oxygens (including phenoxy) is 1. The second-order valence-electron chi connectivity index (χ2n) is 11.5. The van der Waals surface area contributed by atoms with E-state index in [1.165, 1.54) is 80.4 Å². The van der Waals surface area contributed by atoms with E-state index in [4.69, 9.17) is 4.74 Å². The molecule has 0 aromatic heterocycles. The number of methoxy groups -OCH3 is 1. The topological polar surface area (TPSA) is 32.8 Å². The number of nitrogens with zero attached hydrogens (tertiary/aromatic N) is 2. The smallest absolute Gasteiger partial charge is 0.227 e. The van der Waals surface area contributed by atoms with Gasteiger partial charge in [-0.3, -0.25) is 4.79 Å². The van der Waals surface area contributed by atoms with Crippen LogP contribution in [-0.4, -0.2) is 43.1 Å². The van der Waals surface area contributed by atoms with Crippen molar-refractivity contribution in [2.24, 2.45) is 0 Å². The van der Waals surface area contributed by atoms with Crippen molar-refractivity contribution >= 4 is 23.4 Å². The van der Waals surface area contributed by atoms with Crippen LogP contribution < -0.4 is 9.64 Å². The maximum Gasteiger partial charge on any atom is 0.227 e. The van der Waals surface area contributed by atoms with Crippen molar-refractivity contribution in [3.05, 3.63) is 48.5 Å². The summed E-state index contributed by atoms with van der Waals surface area (Å²) in [6, 6.07) is 18.0. The zero-order chi connectivity index (χ0) is 27.3. The number of hydrogen-bond acceptors (Lipinski definition) is 4. The predicted octanol–water partition coefficient (Wildman–Crippen LogP) is 9.12. The van der Waals surface area contributed by atoms with Crippen LogP contribution in [0.15, 0.2) is 58.3 Å². The molecule has 39 heavy (non-hydrogen) atoms. The first-order chi connectivity index (χ1) is 19.2. The molecular weight excluding hydrogens is 500 g/mol. The fraction of sp³-hybridized carbons (Fsp3) is 0.618. The standard InChI is InChI=1S/C34H50N2O2S/c1-3-4-5-6-7-8-12-15-34(37)36(30-24-26-35(27-25-30)28-13-10-9-11-14-28)29-16-20-32(21-17-29)39-33-22-18-31(38-2)19-23-33/h16-23,28,30H,3-15,24-27H2,1-2H3. The number of amides is 1. The average molecular weight is 551 g/mol. The minimum atomic E-state index is 0.307. The second kappa shape index (κ2) is 16.3. The molecule has 2 aromatic rings. The van der Waals surface area contributed by atoms with Crippen molar-refractivity contribution in [2.45, 2.75) is 125 Å². The summed E-state index contributed by atoms with van der Waals surface area (Å²) in [5, 5.41) is 0. The van der Waals surface area contributed by atoms with Gasteiger partial charge in [-0.2, -0.15) is 0 Å². The van der Waals surface area contributed by atoms with Crippen LogP contribution in [0.4, 0.5) is 5.69 Å². The van der Waals surface area contributed by atoms with E-state index in [0.717, 1.165) is 49.8 Å². The van der Waals surface area contributed by atoms with E-state index in [9.17, 15) is 4.79 Å². The second-order valence-corrected chi connectivity index (χ2v) is 12.6. The van der Waals surface area contributed by atoms with Crippen LogP contribution >= 0.6 is 11.8 Å². The third-order valence-electron chi connectivity index (χ3n) is 8.63. The molecule has 2 fully saturated rings. The van der Waals surface area contributed by atoms with Gasteiger partial charge < -0.3 is 14.5 Å². The number of carbonyl (C=O) groups is 1. The van der Waals surface area contributed by atoms with Gasteiger partial charge in [0.25, 0.3) is 0 Å². The molecule has 1 amide bonds. The van der Waals surface area contributed by atoms with E-state index in [1.54, 1.807) is 18.9 Å². The summed E-state index contributed by atoms with van der Waals surface area (Å²) in [5.74, 6) is 1.19. The average Bonchev–Trinajstić information content (AvgIpc) is 2.99. The molecule has 2 aromatic carbocycles. The lowest BCUT2D eigenvalue weighted by Gasteiger charge is -2.42. The van der Waals surface area contributed by atoms with Crippen LogP contribution in [0.2, 0.25) is 0 Å². The molecule has 4 nitrogen and oxygen atoms in total. The molecule has 214 valence electrons. The van der Waals surface area contributed by atoms with Crippen molar-refractivity contribution in [3.63, 3.8) is 0 Å². The highest BCUT2D eigenvalue weighted by molar-refractivity contribution is 7.99. The van der Waals surface area contributed by atoms with Crippen molar-refractivity contribution in [1.82, 2.24) is 4.90 Å². The zero-order valence-corrected chi connectivity index (χ0v) is 25.2. The van der Waals surface area contributed by atoms with E-state index in [2.05, 4.69) is 53.1 Å². The third-order valence-corrected chi connectivity index (χ3v) is 9.64. The zero-order valence-electron chi connectivity index (χ0n) is 24.4. The van der Waals surface area contributed by atoms with Crippen molar-refractivity contribution in [1.29, 1.82) is 0 Å². The Labute approximate surface area is 241 Å². The summed E-state index contributed by atoms with van der Waals surface area (Å²) in [4.78, 5) is 21.0. The van der Waals surface area contributed by atoms with E-state index in [-0.39, 0.29) is 0 Å². The molecule has 0 bridgehead atoms. The Morgan fingerprint density at radius 3 is 2.03 bits per heavy atom. The number of anilines is 1. The lowest BCUT2D eigenvalue weighted by molar-refractivity contribution is -0.119. The lowest BCUT2D eigenvalue weighted by Crippen LogP contribution is -2.50. The van der Waals surface area contributed by atoms with Crippen molar-refractivity contribution in [2.75, 3.05) is 25.1 Å². The minimum absolute atomic E-state index is 0.307. The summed E-state index contributed by atoms with van der Waals surface area (Å²) >= 11 is 1.75. The Balaban J connectivity index is 1.38. The fourth-order valence-electron chi connectivity index (χ4n) is 6.32. The van der Waals surface area contributed by atoms with Crippen molar-refractivity contribution < 1.29 is 9.53 Å². The molecule has 0 spiro atoms. The molecule has 0 atom stereocenters. The highest BCUT2D eigenvalue weighted by Gasteiger charge is 2.31. The molecule has 0 radical (unpaired) electrons. The molecule has 5 heteroatoms. The fourth-order valence-corrected chi connectivity index (χ4v) is 7.14. The first-order valence-corrected chi connectivity index (χ1v) is 16.5. The molecule has 4 rings (SSSR count). The van der Waals surface area contributed by atoms with Gasteiger partial charge in [-0.15, -0.1) is 0 Å². The van der Waals surface area contributed by atoms with Gasteiger partial charge in [0.2, 0.25) is 5.91 Å². The Morgan fingerprint density at radius 2 is 1.41 bits per heavy atom. The maximum atomic E-state index is 13.7. The Kier molecular flexibility index (Phi) is 12.6. The number of hydrogen-bond donors (Lipinski definition) is 0. The third kappa shape index (κ3) is 9.28. The van der Waals surface area contributed by atoms with E-state index >= 15 is 0 Å². The SMILES string of the molecule is CCCCCCCCCC(=O)N(c1ccc(Sc2ccc(OC)cc2)cc1)C1CCN(C2CCCCC2)CC1. The van der Waals surface area contributed by atoms with Crippen LogP contribution in [0.3, 0.4) is 0 Å². The molecule has 0 N–H and O–H groups in total. The minimum Gasteiger partial charge on any atom is -0.497 e. The molecule has 1 saturated carbocycles. The molecule has 2 aliphatic rings. The molecule has 1 aliphatic carbocycles. The van der Waals surface area contributed by atoms with Gasteiger partial charge in [-0.25, -0.2) is 0 Å². The number of unbranched alkanes of at least 4 members (excludes halogenated alkanes) is 6. The van der Waals surface area contributed by atoms with Gasteiger partial charge in [0.05, 0.1) is 7.11 Å². The number of carbonyl (C=O) groups excluding carboxylic acids is 1. The van der Waals surface area contributed by atoms with Gasteiger partial charge in [-0.1, -0.05) is 76.5 Å². The number of likely N-dealkylation sites (tertiary alicyclic amines) is 1. The van der Waals surface area contributed by atoms with Gasteiger partial charge in [0.15, 0.2) is 0 Å². The van der Waals surface area contributed by atoms with Crippen LogP contribution in [0, 0.1) is 0 Å². The predicted molar refractivity (Wildman–Crippen MR) is 165 cm³/mol. The summed E-state index contributed by atoms with van der Waals surface area (Å²) in [7, 11) is 1.70. The highest BCUT2D eigenvalue weighted by atomic mass is 32.2. The number of rotatable bonds is 14. The number of benzene rings is 2. The largest absolute Gasteiger partial charge is 0.497 e. The quantitative estimate of drug-likeness (QED) is 0.220. The Bertz CT molecular complexity index is 964. The molecule has 1 saturated heterocycles. The van der Waals surface area contributed by atoms with Gasteiger partial charge >= 0.3 is 0 Å². The first-order valence-electron chi connectivity index (χ1n) is 15.7. The monoisotopic (exact) mass is 550 g/mol. The van der Waals surface area contributed by atoms with E-state index in [0.29, 0.717) is 18.4 Å². The Hall–Kier alpha value is -1.98. The molecule has 1 heterocycles. The van der Waals surface area contributed by atoms with Crippen LogP contribution in [0.25, 0.3) is 0 Å². The number of piperidine rings is 1. The summed E-state index contributed by atoms with van der Waals surface area (Å²) in [5.41, 5.74) is 1.07. The normalized spacial score (nSPS) is 17.3. The molecule has 1 aliphatic heterocycles. The summed E-state index contributed by atoms with van der Waals surface area (Å²) in [6.45, 7) is 4.51. The van der Waals surface area contributed by atoms with E-state index in [1.807, 2.05) is 12.1 Å². The van der Waals surface area contributed by atoms with Gasteiger partial charge in [0, 0.05) is 47.1 Å². The Morgan fingerprint density at radius 1 is 0.821 bits per heavy atom. The summed E-state index contributed by atoms with van der Waals surface area (Å²) < 4.78 is 5.29. The maximum absolute atomic E-state index is 13.7. The van der Waals surface area contributed by atoms with Gasteiger partial charge in [-0.05, 0) is 80.6 Å². The highest BCUT2D eigenvalue weighted by Crippen LogP contribution is 2.33. The van der Waals surface area contributed by atoms with E-state index < -0.39 is 0 Å². The molecular formula is C34H50N2O2S.